The highest BCUT2D eigenvalue weighted by Gasteiger charge is 2.24. The van der Waals surface area contributed by atoms with Crippen molar-refractivity contribution in [3.8, 4) is 6.07 Å². The van der Waals surface area contributed by atoms with E-state index < -0.39 is 6.04 Å². The molecule has 10 nitrogen and oxygen atoms in total. The molecule has 3 heterocycles. The van der Waals surface area contributed by atoms with Gasteiger partial charge in [0.05, 0.1) is 36.3 Å². The molecule has 36 heavy (non-hydrogen) atoms. The predicted molar refractivity (Wildman–Crippen MR) is 136 cm³/mol. The Morgan fingerprint density at radius 1 is 1.11 bits per heavy atom. The number of aryl methyl sites for hydroxylation is 1. The molecule has 0 unspecified atom stereocenters. The number of hydrogen-bond donors (Lipinski definition) is 2. The van der Waals surface area contributed by atoms with E-state index in [-0.39, 0.29) is 17.7 Å². The summed E-state index contributed by atoms with van der Waals surface area (Å²) in [5.41, 5.74) is 3.28. The van der Waals surface area contributed by atoms with Gasteiger partial charge in [0.2, 0.25) is 11.8 Å². The van der Waals surface area contributed by atoms with E-state index in [1.165, 1.54) is 0 Å². The largest absolute Gasteiger partial charge is 0.359 e. The number of nitriles is 1. The first-order chi connectivity index (χ1) is 17.3. The molecule has 2 N–H and O–H groups in total. The van der Waals surface area contributed by atoms with Gasteiger partial charge in [0, 0.05) is 45.5 Å². The van der Waals surface area contributed by atoms with E-state index in [0.29, 0.717) is 31.0 Å². The van der Waals surface area contributed by atoms with Crippen molar-refractivity contribution >= 4 is 23.3 Å². The van der Waals surface area contributed by atoms with Crippen molar-refractivity contribution in [2.24, 2.45) is 7.05 Å². The number of rotatable bonds is 8. The number of hydrogen-bond acceptors (Lipinski definition) is 7. The van der Waals surface area contributed by atoms with Crippen molar-refractivity contribution in [1.82, 2.24) is 25.0 Å². The number of aromatic nitrogens is 3. The zero-order valence-corrected chi connectivity index (χ0v) is 20.7. The van der Waals surface area contributed by atoms with Crippen LogP contribution in [0.25, 0.3) is 0 Å². The summed E-state index contributed by atoms with van der Waals surface area (Å²) in [6.45, 7) is 4.32. The van der Waals surface area contributed by atoms with E-state index in [0.717, 1.165) is 23.4 Å². The molecule has 4 rings (SSSR count). The summed E-state index contributed by atoms with van der Waals surface area (Å²) in [4.78, 5) is 33.4. The van der Waals surface area contributed by atoms with Crippen LogP contribution in [0.2, 0.25) is 0 Å². The molecule has 0 radical (unpaired) electrons. The highest BCUT2D eigenvalue weighted by Crippen LogP contribution is 2.21. The number of carbonyl (C=O) groups excluding carboxylic acids is 2. The SMILES string of the molecule is C[C@H](CN[C@H](C(=O)Nc1ccc(N2CCN(C)C(=O)C2)cn1)c1cnn(C)c1)c1ccc(C#N)cc1. The number of benzene rings is 1. The van der Waals surface area contributed by atoms with Gasteiger partial charge in [-0.25, -0.2) is 4.98 Å². The van der Waals surface area contributed by atoms with Crippen LogP contribution in [0.1, 0.15) is 35.6 Å². The van der Waals surface area contributed by atoms with Crippen molar-refractivity contribution in [2.75, 3.05) is 43.4 Å². The third kappa shape index (κ3) is 5.87. The van der Waals surface area contributed by atoms with Crippen molar-refractivity contribution < 1.29 is 9.59 Å². The van der Waals surface area contributed by atoms with E-state index in [4.69, 9.17) is 5.26 Å². The fourth-order valence-electron chi connectivity index (χ4n) is 4.07. The monoisotopic (exact) mass is 486 g/mol. The Kier molecular flexibility index (Phi) is 7.61. The van der Waals surface area contributed by atoms with Gasteiger partial charge in [0.15, 0.2) is 0 Å². The van der Waals surface area contributed by atoms with Crippen molar-refractivity contribution in [3.05, 3.63) is 71.7 Å². The molecule has 2 aromatic heterocycles. The Labute approximate surface area is 210 Å². The number of anilines is 2. The van der Waals surface area contributed by atoms with Crippen LogP contribution < -0.4 is 15.5 Å². The van der Waals surface area contributed by atoms with Crippen LogP contribution in [0, 0.1) is 11.3 Å². The lowest BCUT2D eigenvalue weighted by Gasteiger charge is -2.33. The molecule has 0 bridgehead atoms. The first-order valence-electron chi connectivity index (χ1n) is 11.8. The smallest absolute Gasteiger partial charge is 0.247 e. The molecule has 186 valence electrons. The number of piperazine rings is 1. The summed E-state index contributed by atoms with van der Waals surface area (Å²) in [5.74, 6) is 0.373. The van der Waals surface area contributed by atoms with Crippen LogP contribution in [0.4, 0.5) is 11.5 Å². The van der Waals surface area contributed by atoms with E-state index >= 15 is 0 Å². The van der Waals surface area contributed by atoms with Gasteiger partial charge in [-0.05, 0) is 35.7 Å². The van der Waals surface area contributed by atoms with Crippen molar-refractivity contribution in [1.29, 1.82) is 5.26 Å². The summed E-state index contributed by atoms with van der Waals surface area (Å²) >= 11 is 0. The fraction of sp³-hybridized carbons (Fsp3) is 0.346. The van der Waals surface area contributed by atoms with Crippen LogP contribution in [-0.2, 0) is 16.6 Å². The zero-order valence-electron chi connectivity index (χ0n) is 20.7. The molecule has 0 aliphatic carbocycles. The van der Waals surface area contributed by atoms with E-state index in [2.05, 4.69) is 33.7 Å². The minimum atomic E-state index is -0.628. The van der Waals surface area contributed by atoms with Crippen LogP contribution in [0.5, 0.6) is 0 Å². The molecule has 10 heteroatoms. The first-order valence-corrected chi connectivity index (χ1v) is 11.8. The lowest BCUT2D eigenvalue weighted by Crippen LogP contribution is -2.48. The Morgan fingerprint density at radius 3 is 2.50 bits per heavy atom. The molecule has 2 atom stereocenters. The highest BCUT2D eigenvalue weighted by atomic mass is 16.2. The molecule has 0 spiro atoms. The normalized spacial score (nSPS) is 15.3. The van der Waals surface area contributed by atoms with Crippen molar-refractivity contribution in [2.45, 2.75) is 18.9 Å². The lowest BCUT2D eigenvalue weighted by molar-refractivity contribution is -0.129. The fourth-order valence-corrected chi connectivity index (χ4v) is 4.07. The number of nitrogens with zero attached hydrogens (tertiary/aromatic N) is 6. The summed E-state index contributed by atoms with van der Waals surface area (Å²) < 4.78 is 1.66. The number of pyridine rings is 1. The third-order valence-electron chi connectivity index (χ3n) is 6.38. The summed E-state index contributed by atoms with van der Waals surface area (Å²) in [5, 5.41) is 19.5. The molecule has 1 aromatic carbocycles. The molecule has 1 aliphatic rings. The van der Waals surface area contributed by atoms with Gasteiger partial charge in [-0.1, -0.05) is 19.1 Å². The summed E-state index contributed by atoms with van der Waals surface area (Å²) in [6, 6.07) is 12.6. The van der Waals surface area contributed by atoms with Crippen LogP contribution >= 0.6 is 0 Å². The minimum Gasteiger partial charge on any atom is -0.359 e. The van der Waals surface area contributed by atoms with Gasteiger partial charge in [0.1, 0.15) is 11.9 Å². The maximum Gasteiger partial charge on any atom is 0.247 e. The van der Waals surface area contributed by atoms with Gasteiger partial charge >= 0.3 is 0 Å². The second kappa shape index (κ2) is 11.0. The summed E-state index contributed by atoms with van der Waals surface area (Å²) in [7, 11) is 3.61. The molecule has 0 saturated carbocycles. The third-order valence-corrected chi connectivity index (χ3v) is 6.38. The Balaban J connectivity index is 1.42. The van der Waals surface area contributed by atoms with E-state index in [9.17, 15) is 9.59 Å². The average molecular weight is 487 g/mol. The second-order valence-electron chi connectivity index (χ2n) is 9.05. The van der Waals surface area contributed by atoms with E-state index in [1.807, 2.05) is 29.3 Å². The molecule has 1 fully saturated rings. The Hall–Kier alpha value is -4.23. The minimum absolute atomic E-state index is 0.0688. The molecule has 1 aliphatic heterocycles. The van der Waals surface area contributed by atoms with Gasteiger partial charge in [0.25, 0.3) is 0 Å². The Bertz CT molecular complexity index is 1250. The van der Waals surface area contributed by atoms with Crippen LogP contribution in [-0.4, -0.2) is 64.7 Å². The number of carbonyl (C=O) groups is 2. The molecule has 2 amide bonds. The Morgan fingerprint density at radius 2 is 1.89 bits per heavy atom. The van der Waals surface area contributed by atoms with Crippen molar-refractivity contribution in [3.63, 3.8) is 0 Å². The maximum atomic E-state index is 13.3. The molecular weight excluding hydrogens is 456 g/mol. The van der Waals surface area contributed by atoms with Crippen LogP contribution in [0.3, 0.4) is 0 Å². The summed E-state index contributed by atoms with van der Waals surface area (Å²) in [6.07, 6.45) is 5.16. The van der Waals surface area contributed by atoms with Gasteiger partial charge < -0.3 is 20.4 Å². The number of nitrogens with one attached hydrogen (secondary N) is 2. The van der Waals surface area contributed by atoms with E-state index in [1.54, 1.807) is 54.3 Å². The maximum absolute atomic E-state index is 13.3. The average Bonchev–Trinajstić information content (AvgIpc) is 3.32. The topological polar surface area (TPSA) is 119 Å². The number of amides is 2. The lowest BCUT2D eigenvalue weighted by atomic mass is 9.99. The molecule has 3 aromatic rings. The standard InChI is InChI=1S/C26H30N8O2/c1-18(20-6-4-19(12-27)5-7-20)13-29-25(21-14-30-33(3)16-21)26(36)31-23-9-8-22(15-28-23)34-11-10-32(2)24(35)17-34/h4-9,14-16,18,25,29H,10-11,13,17H2,1-3H3,(H,28,31,36)/t18-,25+/m1/s1. The van der Waals surface area contributed by atoms with Crippen LogP contribution in [0.15, 0.2) is 55.0 Å². The van der Waals surface area contributed by atoms with Gasteiger partial charge in [-0.2, -0.15) is 10.4 Å². The van der Waals surface area contributed by atoms with Gasteiger partial charge in [-0.3, -0.25) is 14.3 Å². The highest BCUT2D eigenvalue weighted by molar-refractivity contribution is 5.94. The van der Waals surface area contributed by atoms with Gasteiger partial charge in [-0.15, -0.1) is 0 Å². The second-order valence-corrected chi connectivity index (χ2v) is 9.05. The zero-order chi connectivity index (χ0) is 25.7. The molecule has 1 saturated heterocycles. The predicted octanol–water partition coefficient (Wildman–Crippen LogP) is 2.04. The number of likely N-dealkylation sites (N-methyl/N-ethyl adjacent to an activating group) is 1. The first kappa shape index (κ1) is 24.9. The molecular formula is C26H30N8O2. The quantitative estimate of drug-likeness (QED) is 0.500.